The molecule has 0 radical (unpaired) electrons. The van der Waals surface area contributed by atoms with E-state index < -0.39 is 23.6 Å². The molecule has 3 heterocycles. The average Bonchev–Trinajstić information content (AvgIpc) is 2.87. The topological polar surface area (TPSA) is 64.1 Å². The molecule has 6 nitrogen and oxygen atoms in total. The number of rotatable bonds is 1. The molecule has 1 N–H and O–H groups in total. The van der Waals surface area contributed by atoms with Gasteiger partial charge in [0.2, 0.25) is 11.8 Å². The van der Waals surface area contributed by atoms with Crippen LogP contribution in [0.15, 0.2) is 0 Å². The molecule has 3 saturated heterocycles. The van der Waals surface area contributed by atoms with Crippen molar-refractivity contribution in [3.05, 3.63) is 0 Å². The number of carbonyl (C=O) groups is 2. The van der Waals surface area contributed by atoms with Crippen LogP contribution in [0.5, 0.6) is 0 Å². The summed E-state index contributed by atoms with van der Waals surface area (Å²) in [5.41, 5.74) is -0.773. The van der Waals surface area contributed by atoms with Crippen LogP contribution >= 0.6 is 0 Å². The lowest BCUT2D eigenvalue weighted by atomic mass is 9.79. The van der Waals surface area contributed by atoms with E-state index in [9.17, 15) is 23.5 Å². The van der Waals surface area contributed by atoms with Crippen molar-refractivity contribution >= 4 is 11.8 Å². The van der Waals surface area contributed by atoms with Gasteiger partial charge in [0.15, 0.2) is 0 Å². The van der Waals surface area contributed by atoms with Crippen LogP contribution < -0.4 is 0 Å². The van der Waals surface area contributed by atoms with Crippen molar-refractivity contribution in [2.45, 2.75) is 61.8 Å². The number of fused-ring (bicyclic) bond motifs is 2. The Hall–Kier alpha value is -1.12. The van der Waals surface area contributed by atoms with E-state index in [1.807, 2.05) is 4.90 Å². The largest absolute Gasteiger partial charge is 0.392 e. The fraction of sp³-hybridized carbons (Fsp3) is 0.875. The summed E-state index contributed by atoms with van der Waals surface area (Å²) in [5.74, 6) is -3.04. The SMILES string of the molecule is CN1C(=O)[C@@H]2C[C@@H](O)CN2C2(CN(C3CCC(F)(F)CC3)C2)C1=O. The fourth-order valence-corrected chi connectivity index (χ4v) is 4.87. The minimum absolute atomic E-state index is 0.0805. The number of nitrogens with zero attached hydrogens (tertiary/aromatic N) is 3. The highest BCUT2D eigenvalue weighted by molar-refractivity contribution is 6.05. The molecule has 3 aliphatic heterocycles. The predicted molar refractivity (Wildman–Crippen MR) is 80.4 cm³/mol. The first-order valence-corrected chi connectivity index (χ1v) is 8.62. The third-order valence-corrected chi connectivity index (χ3v) is 6.28. The molecule has 4 aliphatic rings. The zero-order valence-electron chi connectivity index (χ0n) is 13.8. The Bertz CT molecular complexity index is 569. The van der Waals surface area contributed by atoms with Crippen molar-refractivity contribution < 1.29 is 23.5 Å². The van der Waals surface area contributed by atoms with Gasteiger partial charge in [-0.05, 0) is 19.3 Å². The maximum Gasteiger partial charge on any atom is 0.252 e. The molecule has 2 amide bonds. The number of likely N-dealkylation sites (tertiary alicyclic amines) is 1. The van der Waals surface area contributed by atoms with Crippen LogP contribution in [-0.4, -0.2) is 88.0 Å². The van der Waals surface area contributed by atoms with E-state index in [2.05, 4.69) is 4.90 Å². The van der Waals surface area contributed by atoms with E-state index in [1.54, 1.807) is 0 Å². The number of hydrogen-bond donors (Lipinski definition) is 1. The number of imide groups is 1. The molecule has 4 rings (SSSR count). The van der Waals surface area contributed by atoms with Gasteiger partial charge in [-0.25, -0.2) is 8.78 Å². The molecule has 4 fully saturated rings. The normalized spacial score (nSPS) is 36.9. The van der Waals surface area contributed by atoms with Gasteiger partial charge in [-0.3, -0.25) is 24.3 Å². The van der Waals surface area contributed by atoms with E-state index in [0.717, 1.165) is 0 Å². The summed E-state index contributed by atoms with van der Waals surface area (Å²) >= 11 is 0. The smallest absolute Gasteiger partial charge is 0.252 e. The number of hydrogen-bond acceptors (Lipinski definition) is 5. The van der Waals surface area contributed by atoms with Crippen LogP contribution in [0, 0.1) is 0 Å². The second-order valence-electron chi connectivity index (χ2n) is 7.78. The highest BCUT2D eigenvalue weighted by Gasteiger charge is 2.64. The molecular weight excluding hydrogens is 320 g/mol. The summed E-state index contributed by atoms with van der Waals surface area (Å²) in [6.45, 7) is 1.25. The van der Waals surface area contributed by atoms with Gasteiger partial charge in [0.25, 0.3) is 5.91 Å². The van der Waals surface area contributed by atoms with Gasteiger partial charge in [-0.15, -0.1) is 0 Å². The molecule has 8 heteroatoms. The van der Waals surface area contributed by atoms with Crippen LogP contribution in [-0.2, 0) is 9.59 Å². The minimum Gasteiger partial charge on any atom is -0.392 e. The standard InChI is InChI=1S/C16H23F2N3O3/c1-19-13(23)12-6-11(22)7-21(12)15(14(19)24)8-20(9-15)10-2-4-16(17,18)5-3-10/h10-12,22H,2-9H2,1H3/t11-,12+/m1/s1. The molecule has 0 aromatic rings. The van der Waals surface area contributed by atoms with Crippen LogP contribution in [0.3, 0.4) is 0 Å². The zero-order chi connectivity index (χ0) is 17.3. The Kier molecular flexibility index (Phi) is 3.54. The van der Waals surface area contributed by atoms with Crippen molar-refractivity contribution in [3.63, 3.8) is 0 Å². The molecule has 0 aromatic carbocycles. The van der Waals surface area contributed by atoms with E-state index in [4.69, 9.17) is 0 Å². The summed E-state index contributed by atoms with van der Waals surface area (Å²) in [6.07, 6.45) is 0.443. The Morgan fingerprint density at radius 1 is 1.17 bits per heavy atom. The lowest BCUT2D eigenvalue weighted by molar-refractivity contribution is -0.182. The Morgan fingerprint density at radius 2 is 1.79 bits per heavy atom. The van der Waals surface area contributed by atoms with Crippen molar-refractivity contribution in [2.24, 2.45) is 0 Å². The number of likely N-dealkylation sites (N-methyl/N-ethyl adjacent to an activating group) is 1. The fourth-order valence-electron chi connectivity index (χ4n) is 4.87. The maximum absolute atomic E-state index is 13.3. The number of alkyl halides is 2. The summed E-state index contributed by atoms with van der Waals surface area (Å²) < 4.78 is 26.7. The number of piperazine rings is 1. The lowest BCUT2D eigenvalue weighted by Gasteiger charge is -2.60. The van der Waals surface area contributed by atoms with Gasteiger partial charge >= 0.3 is 0 Å². The zero-order valence-corrected chi connectivity index (χ0v) is 13.8. The third kappa shape index (κ3) is 2.23. The molecule has 0 aromatic heterocycles. The number of amides is 2. The lowest BCUT2D eigenvalue weighted by Crippen LogP contribution is -2.82. The number of β-amino-alcohol motifs (C(OH)–C–C–N with tert-alkyl or cyclic N) is 1. The van der Waals surface area contributed by atoms with E-state index in [1.165, 1.54) is 11.9 Å². The van der Waals surface area contributed by atoms with Gasteiger partial charge < -0.3 is 5.11 Å². The molecule has 1 spiro atoms. The summed E-state index contributed by atoms with van der Waals surface area (Å²) in [5, 5.41) is 9.95. The highest BCUT2D eigenvalue weighted by atomic mass is 19.3. The average molecular weight is 343 g/mol. The van der Waals surface area contributed by atoms with Crippen LogP contribution in [0.2, 0.25) is 0 Å². The van der Waals surface area contributed by atoms with Gasteiger partial charge in [0.05, 0.1) is 12.1 Å². The third-order valence-electron chi connectivity index (χ3n) is 6.28. The highest BCUT2D eigenvalue weighted by Crippen LogP contribution is 2.43. The monoisotopic (exact) mass is 343 g/mol. The van der Waals surface area contributed by atoms with Crippen LogP contribution in [0.1, 0.15) is 32.1 Å². The number of carbonyl (C=O) groups excluding carboxylic acids is 2. The molecule has 0 bridgehead atoms. The summed E-state index contributed by atoms with van der Waals surface area (Å²) in [7, 11) is 1.50. The van der Waals surface area contributed by atoms with Gasteiger partial charge in [-0.1, -0.05) is 0 Å². The molecule has 134 valence electrons. The first-order chi connectivity index (χ1) is 11.2. The Labute approximate surface area is 139 Å². The van der Waals surface area contributed by atoms with Crippen molar-refractivity contribution in [2.75, 3.05) is 26.7 Å². The van der Waals surface area contributed by atoms with E-state index in [-0.39, 0.29) is 30.7 Å². The minimum atomic E-state index is -2.56. The van der Waals surface area contributed by atoms with E-state index >= 15 is 0 Å². The van der Waals surface area contributed by atoms with Gasteiger partial charge in [-0.2, -0.15) is 0 Å². The van der Waals surface area contributed by atoms with Crippen molar-refractivity contribution in [1.82, 2.24) is 14.7 Å². The number of halogens is 2. The molecule has 2 atom stereocenters. The van der Waals surface area contributed by atoms with Crippen LogP contribution in [0.25, 0.3) is 0 Å². The first-order valence-electron chi connectivity index (χ1n) is 8.62. The molecule has 24 heavy (non-hydrogen) atoms. The molecule has 0 unspecified atom stereocenters. The molecular formula is C16H23F2N3O3. The molecule has 1 aliphatic carbocycles. The van der Waals surface area contributed by atoms with Gasteiger partial charge in [0, 0.05) is 45.6 Å². The van der Waals surface area contributed by atoms with Crippen molar-refractivity contribution in [1.29, 1.82) is 0 Å². The quantitative estimate of drug-likeness (QED) is 0.682. The first kappa shape index (κ1) is 16.4. The van der Waals surface area contributed by atoms with Crippen LogP contribution in [0.4, 0.5) is 8.78 Å². The maximum atomic E-state index is 13.3. The number of aliphatic hydroxyl groups is 1. The predicted octanol–water partition coefficient (Wildman–Crippen LogP) is 0.0525. The van der Waals surface area contributed by atoms with Gasteiger partial charge in [0.1, 0.15) is 5.54 Å². The second-order valence-corrected chi connectivity index (χ2v) is 7.78. The van der Waals surface area contributed by atoms with Crippen molar-refractivity contribution in [3.8, 4) is 0 Å². The summed E-state index contributed by atoms with van der Waals surface area (Å²) in [6, 6.07) is -0.363. The number of aliphatic hydroxyl groups excluding tert-OH is 1. The Balaban J connectivity index is 1.50. The van der Waals surface area contributed by atoms with E-state index in [0.29, 0.717) is 38.9 Å². The molecule has 1 saturated carbocycles. The Morgan fingerprint density at radius 3 is 2.42 bits per heavy atom. The summed E-state index contributed by atoms with van der Waals surface area (Å²) in [4.78, 5) is 30.2. The second kappa shape index (κ2) is 5.19.